The van der Waals surface area contributed by atoms with E-state index >= 15 is 0 Å². The molecule has 1 unspecified atom stereocenters. The van der Waals surface area contributed by atoms with E-state index in [0.717, 1.165) is 0 Å². The van der Waals surface area contributed by atoms with E-state index in [1.807, 2.05) is 7.05 Å². The van der Waals surface area contributed by atoms with E-state index < -0.39 is 0 Å². The van der Waals surface area contributed by atoms with Gasteiger partial charge in [-0.1, -0.05) is 69.3 Å². The van der Waals surface area contributed by atoms with Crippen molar-refractivity contribution in [1.82, 2.24) is 5.32 Å². The first-order valence-corrected chi connectivity index (χ1v) is 7.64. The predicted molar refractivity (Wildman–Crippen MR) is 91.3 cm³/mol. The summed E-state index contributed by atoms with van der Waals surface area (Å²) in [5.41, 5.74) is 6.74. The summed E-state index contributed by atoms with van der Waals surface area (Å²) in [4.78, 5) is 0. The maximum absolute atomic E-state index is 3.38. The van der Waals surface area contributed by atoms with Gasteiger partial charge >= 0.3 is 0 Å². The number of hydrogen-bond donors (Lipinski definition) is 1. The quantitative estimate of drug-likeness (QED) is 0.789. The first-order chi connectivity index (χ1) is 10.1. The lowest BCUT2D eigenvalue weighted by Crippen LogP contribution is -2.28. The number of nitrogens with one attached hydrogen (secondary N) is 1. The molecule has 2 aromatic rings. The summed E-state index contributed by atoms with van der Waals surface area (Å²) in [6, 6.07) is 17.5. The van der Waals surface area contributed by atoms with Gasteiger partial charge in [0, 0.05) is 18.3 Å². The number of fused-ring (bicyclic) bond motifs is 2. The van der Waals surface area contributed by atoms with Crippen LogP contribution in [0.25, 0.3) is 11.8 Å². The Kier molecular flexibility index (Phi) is 3.36. The minimum Gasteiger partial charge on any atom is -0.388 e. The maximum atomic E-state index is 3.38. The molecule has 1 N–H and O–H groups in total. The molecule has 0 bridgehead atoms. The summed E-state index contributed by atoms with van der Waals surface area (Å²) in [5.74, 6) is 0.463. The molecule has 0 spiro atoms. The fourth-order valence-corrected chi connectivity index (χ4v) is 3.38. The second-order valence-corrected chi connectivity index (χ2v) is 6.43. The molecule has 0 heterocycles. The van der Waals surface area contributed by atoms with Gasteiger partial charge in [-0.3, -0.25) is 0 Å². The van der Waals surface area contributed by atoms with Crippen molar-refractivity contribution < 1.29 is 0 Å². The van der Waals surface area contributed by atoms with Gasteiger partial charge in [-0.25, -0.2) is 0 Å². The molecule has 1 heteroatoms. The van der Waals surface area contributed by atoms with Crippen LogP contribution < -0.4 is 5.32 Å². The topological polar surface area (TPSA) is 12.0 Å². The van der Waals surface area contributed by atoms with Crippen LogP contribution in [0.5, 0.6) is 0 Å². The zero-order valence-corrected chi connectivity index (χ0v) is 13.3. The third kappa shape index (κ3) is 2.17. The molecular formula is C20H23N. The Morgan fingerprint density at radius 2 is 1.62 bits per heavy atom. The average Bonchev–Trinajstić information content (AvgIpc) is 2.51. The molecule has 3 rings (SSSR count). The Balaban J connectivity index is 2.36. The van der Waals surface area contributed by atoms with Crippen molar-refractivity contribution >= 4 is 11.8 Å². The molecule has 0 amide bonds. The Bertz CT molecular complexity index is 694. The summed E-state index contributed by atoms with van der Waals surface area (Å²) in [6.07, 6.45) is 2.28. The molecule has 1 atom stereocenters. The fourth-order valence-electron chi connectivity index (χ4n) is 3.38. The lowest BCUT2D eigenvalue weighted by Gasteiger charge is -2.37. The van der Waals surface area contributed by atoms with Crippen LogP contribution in [0.1, 0.15) is 48.9 Å². The highest BCUT2D eigenvalue weighted by Gasteiger charge is 2.33. The molecule has 1 aliphatic carbocycles. The summed E-state index contributed by atoms with van der Waals surface area (Å²) in [5, 5.41) is 3.38. The largest absolute Gasteiger partial charge is 0.388 e. The fraction of sp³-hybridized carbons (Fsp3) is 0.300. The SMILES string of the molecule is CN/C1=C\c2ccccc2C(C)C(C)(C)c2ccccc21. The maximum Gasteiger partial charge on any atom is 0.0420 e. The van der Waals surface area contributed by atoms with Crippen LogP contribution in [0.2, 0.25) is 0 Å². The molecule has 0 aromatic heterocycles. The molecular weight excluding hydrogens is 254 g/mol. The summed E-state index contributed by atoms with van der Waals surface area (Å²) in [6.45, 7) is 7.05. The van der Waals surface area contributed by atoms with Crippen molar-refractivity contribution in [3.63, 3.8) is 0 Å². The van der Waals surface area contributed by atoms with Crippen LogP contribution in [0.3, 0.4) is 0 Å². The standard InChI is InChI=1S/C20H23N/c1-14-16-10-6-5-9-15(16)13-19(21-4)17-11-7-8-12-18(17)20(14,2)3/h5-14,21H,1-4H3/b19-13-. The molecule has 21 heavy (non-hydrogen) atoms. The van der Waals surface area contributed by atoms with E-state index in [4.69, 9.17) is 0 Å². The molecule has 2 aromatic carbocycles. The predicted octanol–water partition coefficient (Wildman–Crippen LogP) is 4.80. The summed E-state index contributed by atoms with van der Waals surface area (Å²) >= 11 is 0. The van der Waals surface area contributed by atoms with Gasteiger partial charge in [-0.2, -0.15) is 0 Å². The van der Waals surface area contributed by atoms with E-state index in [1.165, 1.54) is 28.0 Å². The van der Waals surface area contributed by atoms with Gasteiger partial charge < -0.3 is 5.32 Å². The van der Waals surface area contributed by atoms with E-state index in [1.54, 1.807) is 0 Å². The normalized spacial score (nSPS) is 22.1. The first-order valence-electron chi connectivity index (χ1n) is 7.64. The van der Waals surface area contributed by atoms with Crippen LogP contribution in [0, 0.1) is 0 Å². The van der Waals surface area contributed by atoms with Crippen molar-refractivity contribution in [2.45, 2.75) is 32.1 Å². The van der Waals surface area contributed by atoms with Gasteiger partial charge in [0.2, 0.25) is 0 Å². The summed E-state index contributed by atoms with van der Waals surface area (Å²) < 4.78 is 0. The minimum absolute atomic E-state index is 0.0864. The van der Waals surface area contributed by atoms with Crippen LogP contribution in [-0.4, -0.2) is 7.05 Å². The van der Waals surface area contributed by atoms with Crippen LogP contribution >= 0.6 is 0 Å². The molecule has 108 valence electrons. The highest BCUT2D eigenvalue weighted by atomic mass is 14.8. The van der Waals surface area contributed by atoms with Gasteiger partial charge in [0.05, 0.1) is 0 Å². The molecule has 1 nitrogen and oxygen atoms in total. The zero-order chi connectivity index (χ0) is 15.0. The number of hydrogen-bond acceptors (Lipinski definition) is 1. The van der Waals surface area contributed by atoms with Gasteiger partial charge in [0.1, 0.15) is 0 Å². The first kappa shape index (κ1) is 13.9. The van der Waals surface area contributed by atoms with Crippen molar-refractivity contribution in [2.75, 3.05) is 7.05 Å². The van der Waals surface area contributed by atoms with Crippen LogP contribution in [-0.2, 0) is 5.41 Å². The van der Waals surface area contributed by atoms with E-state index in [2.05, 4.69) is 80.7 Å². The molecule has 1 aliphatic rings. The zero-order valence-electron chi connectivity index (χ0n) is 13.3. The Hall–Kier alpha value is -2.02. The van der Waals surface area contributed by atoms with Crippen LogP contribution in [0.4, 0.5) is 0 Å². The van der Waals surface area contributed by atoms with Crippen molar-refractivity contribution in [1.29, 1.82) is 0 Å². The molecule has 0 radical (unpaired) electrons. The second kappa shape index (κ2) is 5.07. The highest BCUT2D eigenvalue weighted by molar-refractivity contribution is 5.84. The third-order valence-electron chi connectivity index (χ3n) is 5.03. The Labute approximate surface area is 127 Å². The van der Waals surface area contributed by atoms with Crippen molar-refractivity contribution in [3.8, 4) is 0 Å². The molecule has 0 saturated heterocycles. The van der Waals surface area contributed by atoms with E-state index in [0.29, 0.717) is 5.92 Å². The average molecular weight is 277 g/mol. The molecule has 0 saturated carbocycles. The van der Waals surface area contributed by atoms with E-state index in [9.17, 15) is 0 Å². The summed E-state index contributed by atoms with van der Waals surface area (Å²) in [7, 11) is 2.00. The minimum atomic E-state index is 0.0864. The van der Waals surface area contributed by atoms with Gasteiger partial charge in [-0.15, -0.1) is 0 Å². The monoisotopic (exact) mass is 277 g/mol. The second-order valence-electron chi connectivity index (χ2n) is 6.43. The highest BCUT2D eigenvalue weighted by Crippen LogP contribution is 2.44. The van der Waals surface area contributed by atoms with Gasteiger partial charge in [-0.05, 0) is 34.1 Å². The lowest BCUT2D eigenvalue weighted by atomic mass is 9.67. The number of rotatable bonds is 1. The van der Waals surface area contributed by atoms with Crippen LogP contribution in [0.15, 0.2) is 48.5 Å². The third-order valence-corrected chi connectivity index (χ3v) is 5.03. The van der Waals surface area contributed by atoms with Crippen molar-refractivity contribution in [2.24, 2.45) is 0 Å². The molecule has 0 aliphatic heterocycles. The lowest BCUT2D eigenvalue weighted by molar-refractivity contribution is 0.434. The van der Waals surface area contributed by atoms with Crippen molar-refractivity contribution in [3.05, 3.63) is 70.8 Å². The van der Waals surface area contributed by atoms with E-state index in [-0.39, 0.29) is 5.41 Å². The number of benzene rings is 2. The molecule has 0 fully saturated rings. The Morgan fingerprint density at radius 3 is 2.38 bits per heavy atom. The smallest absolute Gasteiger partial charge is 0.0420 e. The van der Waals surface area contributed by atoms with Gasteiger partial charge in [0.15, 0.2) is 0 Å². The van der Waals surface area contributed by atoms with Gasteiger partial charge in [0.25, 0.3) is 0 Å². The Morgan fingerprint density at radius 1 is 0.952 bits per heavy atom.